The van der Waals surface area contributed by atoms with Crippen LogP contribution in [0.3, 0.4) is 0 Å². The molecule has 2 rings (SSSR count). The van der Waals surface area contributed by atoms with Crippen molar-refractivity contribution in [2.45, 2.75) is 26.8 Å². The Bertz CT molecular complexity index is 482. The molecule has 0 bridgehead atoms. The third kappa shape index (κ3) is 2.02. The number of nitrogens with one attached hydrogen (secondary N) is 2. The van der Waals surface area contributed by atoms with Gasteiger partial charge in [0.2, 0.25) is 0 Å². The summed E-state index contributed by atoms with van der Waals surface area (Å²) in [5, 5.41) is 5.82. The summed E-state index contributed by atoms with van der Waals surface area (Å²) in [5.41, 5.74) is 4.53. The van der Waals surface area contributed by atoms with E-state index in [0.29, 0.717) is 5.96 Å². The number of hydrogen-bond acceptors (Lipinski definition) is 2. The smallest absolute Gasteiger partial charge is 0.253 e. The van der Waals surface area contributed by atoms with Crippen molar-refractivity contribution in [3.63, 3.8) is 0 Å². The molecule has 1 aromatic carbocycles. The predicted molar refractivity (Wildman–Crippen MR) is 68.0 cm³/mol. The highest BCUT2D eigenvalue weighted by molar-refractivity contribution is 6.06. The van der Waals surface area contributed by atoms with E-state index < -0.39 is 0 Å². The van der Waals surface area contributed by atoms with Gasteiger partial charge in [-0.05, 0) is 37.5 Å². The van der Waals surface area contributed by atoms with Crippen molar-refractivity contribution in [3.05, 3.63) is 34.4 Å². The van der Waals surface area contributed by atoms with Gasteiger partial charge in [0.1, 0.15) is 6.04 Å². The number of amides is 1. The first-order valence-corrected chi connectivity index (χ1v) is 5.65. The third-order valence-corrected chi connectivity index (χ3v) is 3.04. The standard InChI is InChI=1S/C13H17N3O/c1-7-5-8(2)10(9(3)6-7)11-12(17)16-13(14-4)15-11/h5-6,11H,1-4H3,(H2,14,15,16,17). The monoisotopic (exact) mass is 231 g/mol. The molecular formula is C13H17N3O. The van der Waals surface area contributed by atoms with E-state index in [1.165, 1.54) is 5.56 Å². The van der Waals surface area contributed by atoms with Crippen molar-refractivity contribution in [1.29, 1.82) is 0 Å². The van der Waals surface area contributed by atoms with Gasteiger partial charge in [-0.1, -0.05) is 17.7 Å². The van der Waals surface area contributed by atoms with Gasteiger partial charge in [-0.3, -0.25) is 15.1 Å². The number of rotatable bonds is 1. The fraction of sp³-hybridized carbons (Fsp3) is 0.385. The molecule has 0 spiro atoms. The lowest BCUT2D eigenvalue weighted by Gasteiger charge is -2.15. The van der Waals surface area contributed by atoms with E-state index in [1.54, 1.807) is 7.05 Å². The Balaban J connectivity index is 2.45. The SMILES string of the molecule is CN=C1NC(=O)C(c2c(C)cc(C)cc2C)N1. The quantitative estimate of drug-likeness (QED) is 0.766. The van der Waals surface area contributed by atoms with Crippen molar-refractivity contribution >= 4 is 11.9 Å². The zero-order chi connectivity index (χ0) is 12.6. The minimum absolute atomic E-state index is 0.0411. The fourth-order valence-corrected chi connectivity index (χ4v) is 2.40. The zero-order valence-corrected chi connectivity index (χ0v) is 10.6. The number of carbonyl (C=O) groups is 1. The molecule has 2 N–H and O–H groups in total. The first-order valence-electron chi connectivity index (χ1n) is 5.65. The van der Waals surface area contributed by atoms with Gasteiger partial charge in [-0.2, -0.15) is 0 Å². The molecule has 4 heteroatoms. The van der Waals surface area contributed by atoms with E-state index in [1.807, 2.05) is 13.8 Å². The lowest BCUT2D eigenvalue weighted by atomic mass is 9.94. The van der Waals surface area contributed by atoms with Crippen LogP contribution in [-0.2, 0) is 4.79 Å². The Morgan fingerprint density at radius 3 is 2.24 bits per heavy atom. The fourth-order valence-electron chi connectivity index (χ4n) is 2.40. The molecule has 1 aliphatic rings. The lowest BCUT2D eigenvalue weighted by molar-refractivity contribution is -0.120. The van der Waals surface area contributed by atoms with E-state index in [9.17, 15) is 4.79 Å². The summed E-state index contributed by atoms with van der Waals surface area (Å²) in [6.45, 7) is 6.13. The summed E-state index contributed by atoms with van der Waals surface area (Å²) in [5.74, 6) is 0.500. The normalized spacial score (nSPS) is 21.5. The van der Waals surface area contributed by atoms with Gasteiger partial charge in [-0.15, -0.1) is 0 Å². The molecule has 4 nitrogen and oxygen atoms in total. The molecule has 1 aromatic rings. The Hall–Kier alpha value is -1.84. The van der Waals surface area contributed by atoms with E-state index in [0.717, 1.165) is 16.7 Å². The Morgan fingerprint density at radius 1 is 1.18 bits per heavy atom. The number of nitrogens with zero attached hydrogens (tertiary/aromatic N) is 1. The Morgan fingerprint density at radius 2 is 1.76 bits per heavy atom. The number of aryl methyl sites for hydroxylation is 3. The largest absolute Gasteiger partial charge is 0.340 e. The average molecular weight is 231 g/mol. The van der Waals surface area contributed by atoms with Gasteiger partial charge < -0.3 is 5.32 Å². The van der Waals surface area contributed by atoms with Crippen LogP contribution in [0.2, 0.25) is 0 Å². The van der Waals surface area contributed by atoms with Crippen LogP contribution in [0.25, 0.3) is 0 Å². The first-order chi connectivity index (χ1) is 8.02. The van der Waals surface area contributed by atoms with Gasteiger partial charge in [-0.25, -0.2) is 0 Å². The predicted octanol–water partition coefficient (Wildman–Crippen LogP) is 1.36. The highest BCUT2D eigenvalue weighted by Crippen LogP contribution is 2.25. The summed E-state index contributed by atoms with van der Waals surface area (Å²) >= 11 is 0. The van der Waals surface area contributed by atoms with Crippen LogP contribution >= 0.6 is 0 Å². The summed E-state index contributed by atoms with van der Waals surface area (Å²) < 4.78 is 0. The van der Waals surface area contributed by atoms with Crippen LogP contribution < -0.4 is 10.6 Å². The second kappa shape index (κ2) is 4.20. The molecule has 1 heterocycles. The number of carbonyl (C=O) groups excluding carboxylic acids is 1. The Labute approximate surface area is 101 Å². The lowest BCUT2D eigenvalue weighted by Crippen LogP contribution is -2.25. The second-order valence-electron chi connectivity index (χ2n) is 4.45. The maximum atomic E-state index is 11.9. The van der Waals surface area contributed by atoms with Crippen molar-refractivity contribution in [2.24, 2.45) is 4.99 Å². The van der Waals surface area contributed by atoms with Gasteiger partial charge in [0.15, 0.2) is 5.96 Å². The van der Waals surface area contributed by atoms with Crippen molar-refractivity contribution < 1.29 is 4.79 Å². The highest BCUT2D eigenvalue weighted by Gasteiger charge is 2.31. The molecule has 1 atom stereocenters. The maximum Gasteiger partial charge on any atom is 0.253 e. The minimum atomic E-state index is -0.325. The van der Waals surface area contributed by atoms with E-state index in [-0.39, 0.29) is 11.9 Å². The van der Waals surface area contributed by atoms with Crippen LogP contribution in [0.4, 0.5) is 0 Å². The number of aliphatic imine (C=N–C) groups is 1. The zero-order valence-electron chi connectivity index (χ0n) is 10.6. The molecule has 1 aliphatic heterocycles. The highest BCUT2D eigenvalue weighted by atomic mass is 16.2. The molecule has 17 heavy (non-hydrogen) atoms. The van der Waals surface area contributed by atoms with Gasteiger partial charge >= 0.3 is 0 Å². The molecule has 90 valence electrons. The summed E-state index contributed by atoms with van der Waals surface area (Å²) in [6, 6.07) is 3.87. The van der Waals surface area contributed by atoms with Crippen molar-refractivity contribution in [3.8, 4) is 0 Å². The molecular weight excluding hydrogens is 214 g/mol. The van der Waals surface area contributed by atoms with Crippen molar-refractivity contribution in [2.75, 3.05) is 7.05 Å². The van der Waals surface area contributed by atoms with Gasteiger partial charge in [0.05, 0.1) is 0 Å². The van der Waals surface area contributed by atoms with Crippen molar-refractivity contribution in [1.82, 2.24) is 10.6 Å². The van der Waals surface area contributed by atoms with Crippen LogP contribution in [-0.4, -0.2) is 18.9 Å². The minimum Gasteiger partial charge on any atom is -0.340 e. The second-order valence-corrected chi connectivity index (χ2v) is 4.45. The molecule has 0 radical (unpaired) electrons. The average Bonchev–Trinajstić information content (AvgIpc) is 2.59. The third-order valence-electron chi connectivity index (χ3n) is 3.04. The number of benzene rings is 1. The molecule has 0 saturated carbocycles. The summed E-state index contributed by atoms with van der Waals surface area (Å²) in [6.07, 6.45) is 0. The van der Waals surface area contributed by atoms with Crippen LogP contribution in [0.15, 0.2) is 17.1 Å². The van der Waals surface area contributed by atoms with Crippen LogP contribution in [0, 0.1) is 20.8 Å². The molecule has 1 unspecified atom stereocenters. The van der Waals surface area contributed by atoms with E-state index in [4.69, 9.17) is 0 Å². The van der Waals surface area contributed by atoms with Gasteiger partial charge in [0, 0.05) is 7.05 Å². The summed E-state index contributed by atoms with van der Waals surface area (Å²) in [7, 11) is 1.65. The number of hydrogen-bond donors (Lipinski definition) is 2. The molecule has 1 saturated heterocycles. The first kappa shape index (κ1) is 11.6. The Kier molecular flexibility index (Phi) is 2.88. The maximum absolute atomic E-state index is 11.9. The van der Waals surface area contributed by atoms with Crippen LogP contribution in [0.5, 0.6) is 0 Å². The molecule has 1 amide bonds. The van der Waals surface area contributed by atoms with E-state index in [2.05, 4.69) is 34.7 Å². The molecule has 1 fully saturated rings. The number of guanidine groups is 1. The van der Waals surface area contributed by atoms with E-state index >= 15 is 0 Å². The molecule has 0 aromatic heterocycles. The summed E-state index contributed by atoms with van der Waals surface area (Å²) in [4.78, 5) is 15.8. The molecule has 0 aliphatic carbocycles. The topological polar surface area (TPSA) is 53.5 Å². The van der Waals surface area contributed by atoms with Crippen LogP contribution in [0.1, 0.15) is 28.3 Å². The van der Waals surface area contributed by atoms with Gasteiger partial charge in [0.25, 0.3) is 5.91 Å².